The standard InChI is InChI=1S/C25H20ClN3OS/c1-30-20-6-4-5-17(13-20)18(15-27)14-22-24(16-9-11-19(26)12-10-16)28-25-29(22)21-7-2-3-8-23(21)31-25/h4-6,9-14H,2-3,7-8H2,1H3/b18-14+. The van der Waals surface area contributed by atoms with Crippen LogP contribution in [0.3, 0.4) is 0 Å². The van der Waals surface area contributed by atoms with Gasteiger partial charge >= 0.3 is 0 Å². The molecule has 0 radical (unpaired) electrons. The molecular formula is C25H20ClN3OS. The molecule has 0 spiro atoms. The number of nitriles is 1. The number of imidazole rings is 1. The van der Waals surface area contributed by atoms with E-state index in [1.165, 1.54) is 23.4 Å². The zero-order chi connectivity index (χ0) is 21.4. The lowest BCUT2D eigenvalue weighted by Gasteiger charge is -2.12. The summed E-state index contributed by atoms with van der Waals surface area (Å²) in [5.74, 6) is 0.725. The molecule has 31 heavy (non-hydrogen) atoms. The predicted octanol–water partition coefficient (Wildman–Crippen LogP) is 6.67. The van der Waals surface area contributed by atoms with Gasteiger partial charge in [0.05, 0.1) is 30.1 Å². The van der Waals surface area contributed by atoms with E-state index in [4.69, 9.17) is 21.3 Å². The second-order valence-corrected chi connectivity index (χ2v) is 9.05. The van der Waals surface area contributed by atoms with Crippen molar-refractivity contribution in [3.8, 4) is 23.1 Å². The molecule has 4 aromatic rings. The molecule has 2 aromatic heterocycles. The zero-order valence-corrected chi connectivity index (χ0v) is 18.6. The Morgan fingerprint density at radius 2 is 2.00 bits per heavy atom. The molecule has 0 N–H and O–H groups in total. The number of halogens is 1. The SMILES string of the molecule is COc1cccc(/C(C#N)=C/c2c(-c3ccc(Cl)cc3)nc3sc4c(n23)CCCC4)c1. The summed E-state index contributed by atoms with van der Waals surface area (Å²) in [6.07, 6.45) is 6.49. The van der Waals surface area contributed by atoms with Crippen LogP contribution in [-0.2, 0) is 12.8 Å². The lowest BCUT2D eigenvalue weighted by atomic mass is 10.0. The van der Waals surface area contributed by atoms with Gasteiger partial charge in [-0.05, 0) is 61.6 Å². The van der Waals surface area contributed by atoms with Crippen molar-refractivity contribution >= 4 is 39.5 Å². The van der Waals surface area contributed by atoms with E-state index in [2.05, 4.69) is 10.5 Å². The lowest BCUT2D eigenvalue weighted by Crippen LogP contribution is -2.04. The average Bonchev–Trinajstić information content (AvgIpc) is 3.34. The van der Waals surface area contributed by atoms with Crippen molar-refractivity contribution < 1.29 is 4.74 Å². The summed E-state index contributed by atoms with van der Waals surface area (Å²) in [5, 5.41) is 10.7. The van der Waals surface area contributed by atoms with Crippen LogP contribution in [0.1, 0.15) is 34.7 Å². The van der Waals surface area contributed by atoms with Crippen LogP contribution >= 0.6 is 22.9 Å². The number of allylic oxidation sites excluding steroid dienone is 1. The molecule has 0 unspecified atom stereocenters. The Kier molecular flexibility index (Phi) is 5.27. The molecule has 1 aliphatic rings. The van der Waals surface area contributed by atoms with E-state index in [1.54, 1.807) is 18.4 Å². The maximum absolute atomic E-state index is 10.00. The molecule has 0 aliphatic heterocycles. The Bertz CT molecular complexity index is 1340. The summed E-state index contributed by atoms with van der Waals surface area (Å²) in [7, 11) is 1.63. The molecule has 0 fully saturated rings. The summed E-state index contributed by atoms with van der Waals surface area (Å²) in [6.45, 7) is 0. The van der Waals surface area contributed by atoms with Gasteiger partial charge in [0.2, 0.25) is 0 Å². The van der Waals surface area contributed by atoms with Gasteiger partial charge in [0, 0.05) is 21.2 Å². The van der Waals surface area contributed by atoms with E-state index in [0.717, 1.165) is 46.1 Å². The van der Waals surface area contributed by atoms with Crippen molar-refractivity contribution in [2.75, 3.05) is 7.11 Å². The number of hydrogen-bond acceptors (Lipinski definition) is 4. The van der Waals surface area contributed by atoms with Crippen LogP contribution in [-0.4, -0.2) is 16.5 Å². The van der Waals surface area contributed by atoms with E-state index in [0.29, 0.717) is 10.6 Å². The van der Waals surface area contributed by atoms with Gasteiger partial charge in [0.15, 0.2) is 4.96 Å². The fourth-order valence-corrected chi connectivity index (χ4v) is 5.46. The molecule has 2 heterocycles. The van der Waals surface area contributed by atoms with Crippen molar-refractivity contribution in [2.24, 2.45) is 0 Å². The van der Waals surface area contributed by atoms with Gasteiger partial charge < -0.3 is 4.74 Å². The third kappa shape index (κ3) is 3.63. The minimum absolute atomic E-state index is 0.576. The van der Waals surface area contributed by atoms with Crippen molar-refractivity contribution in [1.29, 1.82) is 5.26 Å². The molecule has 2 aromatic carbocycles. The maximum Gasteiger partial charge on any atom is 0.195 e. The number of fused-ring (bicyclic) bond motifs is 3. The number of methoxy groups -OCH3 is 1. The van der Waals surface area contributed by atoms with Gasteiger partial charge in [0.25, 0.3) is 0 Å². The molecule has 0 saturated heterocycles. The number of benzene rings is 2. The summed E-state index contributed by atoms with van der Waals surface area (Å²) < 4.78 is 7.61. The van der Waals surface area contributed by atoms with Crippen molar-refractivity contribution in [3.05, 3.63) is 75.4 Å². The first-order valence-corrected chi connectivity index (χ1v) is 11.4. The van der Waals surface area contributed by atoms with E-state index in [9.17, 15) is 5.26 Å². The van der Waals surface area contributed by atoms with Crippen LogP contribution in [0, 0.1) is 11.3 Å². The Labute approximate surface area is 190 Å². The first-order chi connectivity index (χ1) is 15.2. The normalized spacial score (nSPS) is 13.8. The number of nitrogens with zero attached hydrogens (tertiary/aromatic N) is 3. The van der Waals surface area contributed by atoms with E-state index in [-0.39, 0.29) is 0 Å². The summed E-state index contributed by atoms with van der Waals surface area (Å²) in [5.41, 5.74) is 5.52. The fraction of sp³-hybridized carbons (Fsp3) is 0.200. The number of hydrogen-bond donors (Lipinski definition) is 0. The molecular weight excluding hydrogens is 426 g/mol. The van der Waals surface area contributed by atoms with E-state index in [1.807, 2.05) is 54.6 Å². The number of aryl methyl sites for hydroxylation is 2. The Hall–Kier alpha value is -3.07. The second-order valence-electron chi connectivity index (χ2n) is 7.55. The Morgan fingerprint density at radius 1 is 1.19 bits per heavy atom. The highest BCUT2D eigenvalue weighted by atomic mass is 35.5. The van der Waals surface area contributed by atoms with E-state index >= 15 is 0 Å². The largest absolute Gasteiger partial charge is 0.497 e. The van der Waals surface area contributed by atoms with Crippen LogP contribution in [0.25, 0.3) is 27.9 Å². The van der Waals surface area contributed by atoms with Crippen LogP contribution in [0.15, 0.2) is 48.5 Å². The highest BCUT2D eigenvalue weighted by Gasteiger charge is 2.23. The summed E-state index contributed by atoms with van der Waals surface area (Å²) >= 11 is 7.88. The molecule has 6 heteroatoms. The summed E-state index contributed by atoms with van der Waals surface area (Å²) in [6, 6.07) is 17.7. The van der Waals surface area contributed by atoms with Gasteiger partial charge in [-0.2, -0.15) is 5.26 Å². The van der Waals surface area contributed by atoms with Crippen molar-refractivity contribution in [1.82, 2.24) is 9.38 Å². The zero-order valence-electron chi connectivity index (χ0n) is 17.1. The van der Waals surface area contributed by atoms with Crippen molar-refractivity contribution in [2.45, 2.75) is 25.7 Å². The number of rotatable bonds is 4. The van der Waals surface area contributed by atoms with Crippen LogP contribution in [0.4, 0.5) is 0 Å². The lowest BCUT2D eigenvalue weighted by molar-refractivity contribution is 0.414. The molecule has 5 rings (SSSR count). The number of ether oxygens (including phenoxy) is 1. The van der Waals surface area contributed by atoms with Crippen LogP contribution < -0.4 is 4.74 Å². The molecule has 0 saturated carbocycles. The minimum atomic E-state index is 0.576. The van der Waals surface area contributed by atoms with Gasteiger partial charge in [-0.25, -0.2) is 4.98 Å². The second kappa shape index (κ2) is 8.22. The monoisotopic (exact) mass is 445 g/mol. The van der Waals surface area contributed by atoms with Crippen molar-refractivity contribution in [3.63, 3.8) is 0 Å². The Morgan fingerprint density at radius 3 is 2.77 bits per heavy atom. The highest BCUT2D eigenvalue weighted by molar-refractivity contribution is 7.17. The van der Waals surface area contributed by atoms with Crippen LogP contribution in [0.5, 0.6) is 5.75 Å². The highest BCUT2D eigenvalue weighted by Crippen LogP contribution is 2.37. The first-order valence-electron chi connectivity index (χ1n) is 10.2. The quantitative estimate of drug-likeness (QED) is 0.329. The first kappa shape index (κ1) is 19.9. The smallest absolute Gasteiger partial charge is 0.195 e. The number of thiazole rings is 1. The molecule has 154 valence electrons. The maximum atomic E-state index is 10.00. The van der Waals surface area contributed by atoms with Gasteiger partial charge in [-0.1, -0.05) is 35.9 Å². The van der Waals surface area contributed by atoms with E-state index < -0.39 is 0 Å². The minimum Gasteiger partial charge on any atom is -0.497 e. The molecule has 0 bridgehead atoms. The average molecular weight is 446 g/mol. The third-order valence-corrected chi connectivity index (χ3v) is 7.05. The fourth-order valence-electron chi connectivity index (χ4n) is 4.12. The molecule has 4 nitrogen and oxygen atoms in total. The van der Waals surface area contributed by atoms with Gasteiger partial charge in [-0.3, -0.25) is 4.40 Å². The molecule has 0 atom stereocenters. The molecule has 1 aliphatic carbocycles. The Balaban J connectivity index is 1.75. The topological polar surface area (TPSA) is 50.3 Å². The van der Waals surface area contributed by atoms with Gasteiger partial charge in [0.1, 0.15) is 5.75 Å². The third-order valence-electron chi connectivity index (χ3n) is 5.66. The predicted molar refractivity (Wildman–Crippen MR) is 127 cm³/mol. The van der Waals surface area contributed by atoms with Crippen LogP contribution in [0.2, 0.25) is 5.02 Å². The molecule has 0 amide bonds. The van der Waals surface area contributed by atoms with Gasteiger partial charge in [-0.15, -0.1) is 11.3 Å². The summed E-state index contributed by atoms with van der Waals surface area (Å²) in [4.78, 5) is 7.38. The number of aromatic nitrogens is 2.